The van der Waals surface area contributed by atoms with Crippen LogP contribution in [0.2, 0.25) is 0 Å². The first-order valence-electron chi connectivity index (χ1n) is 4.87. The molecule has 1 aliphatic heterocycles. The van der Waals surface area contributed by atoms with Gasteiger partial charge in [0.1, 0.15) is 5.84 Å². The summed E-state index contributed by atoms with van der Waals surface area (Å²) >= 11 is 0. The van der Waals surface area contributed by atoms with E-state index in [1.165, 1.54) is 6.42 Å². The monoisotopic (exact) mass is 185 g/mol. The van der Waals surface area contributed by atoms with Gasteiger partial charge in [-0.15, -0.1) is 0 Å². The molecular formula is C9H19N3O. The fourth-order valence-electron chi connectivity index (χ4n) is 1.91. The van der Waals surface area contributed by atoms with Gasteiger partial charge in [0.2, 0.25) is 0 Å². The van der Waals surface area contributed by atoms with E-state index in [2.05, 4.69) is 4.90 Å². The maximum atomic E-state index is 9.14. The highest BCUT2D eigenvalue weighted by molar-refractivity contribution is 5.82. The molecule has 0 aromatic carbocycles. The fraction of sp³-hybridized carbons (Fsp3) is 0.889. The van der Waals surface area contributed by atoms with E-state index in [0.29, 0.717) is 0 Å². The van der Waals surface area contributed by atoms with E-state index in [1.54, 1.807) is 0 Å². The summed E-state index contributed by atoms with van der Waals surface area (Å²) in [6.07, 6.45) is 3.34. The van der Waals surface area contributed by atoms with Crippen LogP contribution in [0.1, 0.15) is 26.2 Å². The maximum Gasteiger partial charge on any atom is 0.108 e. The van der Waals surface area contributed by atoms with Crippen LogP contribution in [-0.4, -0.2) is 41.1 Å². The molecule has 4 N–H and O–H groups in total. The van der Waals surface area contributed by atoms with Gasteiger partial charge in [-0.05, 0) is 26.3 Å². The number of hydrogen-bond acceptors (Lipinski definition) is 3. The molecule has 0 aliphatic carbocycles. The number of amidine groups is 1. The summed E-state index contributed by atoms with van der Waals surface area (Å²) in [6, 6.07) is 0.171. The molecule has 0 radical (unpaired) electrons. The van der Waals surface area contributed by atoms with Crippen LogP contribution in [0.3, 0.4) is 0 Å². The molecule has 0 bridgehead atoms. The molecule has 76 valence electrons. The molecule has 4 heteroatoms. The molecule has 4 nitrogen and oxygen atoms in total. The third-order valence-corrected chi connectivity index (χ3v) is 2.83. The number of likely N-dealkylation sites (tertiary alicyclic amines) is 1. The summed E-state index contributed by atoms with van der Waals surface area (Å²) in [4.78, 5) is 2.13. The van der Waals surface area contributed by atoms with Gasteiger partial charge in [-0.2, -0.15) is 0 Å². The first-order chi connectivity index (χ1) is 6.16. The van der Waals surface area contributed by atoms with Gasteiger partial charge < -0.3 is 10.8 Å². The Morgan fingerprint density at radius 3 is 2.92 bits per heavy atom. The van der Waals surface area contributed by atoms with Crippen molar-refractivity contribution < 1.29 is 5.11 Å². The van der Waals surface area contributed by atoms with Crippen molar-refractivity contribution in [3.63, 3.8) is 0 Å². The standard InChI is InChI=1S/C9H19N3O/c1-7(9(10)11)12-5-3-2-4-8(12)6-13/h7-8,13H,2-6H2,1H3,(H3,10,11). The molecule has 1 rings (SSSR count). The number of piperidine rings is 1. The first kappa shape index (κ1) is 10.5. The predicted molar refractivity (Wildman–Crippen MR) is 52.8 cm³/mol. The van der Waals surface area contributed by atoms with E-state index in [0.717, 1.165) is 19.4 Å². The van der Waals surface area contributed by atoms with E-state index in [4.69, 9.17) is 16.2 Å². The minimum Gasteiger partial charge on any atom is -0.395 e. The highest BCUT2D eigenvalue weighted by Crippen LogP contribution is 2.18. The van der Waals surface area contributed by atoms with Crippen LogP contribution in [0.25, 0.3) is 0 Å². The van der Waals surface area contributed by atoms with Crippen LogP contribution < -0.4 is 5.73 Å². The van der Waals surface area contributed by atoms with Crippen molar-refractivity contribution in [3.05, 3.63) is 0 Å². The van der Waals surface area contributed by atoms with Crippen molar-refractivity contribution in [2.75, 3.05) is 13.2 Å². The molecule has 2 atom stereocenters. The summed E-state index contributed by atoms with van der Waals surface area (Å²) < 4.78 is 0. The largest absolute Gasteiger partial charge is 0.395 e. The lowest BCUT2D eigenvalue weighted by molar-refractivity contribution is 0.0789. The quantitative estimate of drug-likeness (QED) is 0.433. The van der Waals surface area contributed by atoms with E-state index in [9.17, 15) is 0 Å². The Hall–Kier alpha value is -0.610. The van der Waals surface area contributed by atoms with Gasteiger partial charge in [-0.3, -0.25) is 10.3 Å². The molecule has 1 heterocycles. The lowest BCUT2D eigenvalue weighted by Crippen LogP contribution is -2.51. The smallest absolute Gasteiger partial charge is 0.108 e. The van der Waals surface area contributed by atoms with Crippen molar-refractivity contribution >= 4 is 5.84 Å². The zero-order chi connectivity index (χ0) is 9.84. The third-order valence-electron chi connectivity index (χ3n) is 2.83. The third kappa shape index (κ3) is 2.42. The highest BCUT2D eigenvalue weighted by Gasteiger charge is 2.26. The van der Waals surface area contributed by atoms with Crippen LogP contribution in [0, 0.1) is 5.41 Å². The van der Waals surface area contributed by atoms with Crippen LogP contribution in [0.15, 0.2) is 0 Å². The van der Waals surface area contributed by atoms with Crippen molar-refractivity contribution in [1.82, 2.24) is 4.90 Å². The summed E-state index contributed by atoms with van der Waals surface area (Å²) in [7, 11) is 0. The van der Waals surface area contributed by atoms with Crippen LogP contribution in [0.5, 0.6) is 0 Å². The summed E-state index contributed by atoms with van der Waals surface area (Å²) in [5.74, 6) is 0.195. The number of aliphatic hydroxyl groups is 1. The highest BCUT2D eigenvalue weighted by atomic mass is 16.3. The van der Waals surface area contributed by atoms with Crippen LogP contribution in [0.4, 0.5) is 0 Å². The molecule has 2 unspecified atom stereocenters. The van der Waals surface area contributed by atoms with E-state index in [-0.39, 0.29) is 24.5 Å². The Kier molecular flexibility index (Phi) is 3.69. The summed E-state index contributed by atoms with van der Waals surface area (Å²) in [5, 5.41) is 16.5. The van der Waals surface area contributed by atoms with Gasteiger partial charge in [0.15, 0.2) is 0 Å². The number of hydrogen-bond donors (Lipinski definition) is 3. The second-order valence-corrected chi connectivity index (χ2v) is 3.70. The minimum absolute atomic E-state index is 0.0301. The Balaban J connectivity index is 2.58. The number of aliphatic hydroxyl groups excluding tert-OH is 1. The van der Waals surface area contributed by atoms with Gasteiger partial charge in [0.05, 0.1) is 12.6 Å². The second-order valence-electron chi connectivity index (χ2n) is 3.70. The zero-order valence-corrected chi connectivity index (χ0v) is 8.16. The summed E-state index contributed by atoms with van der Waals surface area (Å²) in [6.45, 7) is 3.06. The van der Waals surface area contributed by atoms with Gasteiger partial charge in [-0.25, -0.2) is 0 Å². The van der Waals surface area contributed by atoms with Gasteiger partial charge in [0, 0.05) is 6.04 Å². The molecule has 13 heavy (non-hydrogen) atoms. The molecule has 1 fully saturated rings. The number of nitrogens with zero attached hydrogens (tertiary/aromatic N) is 1. The number of nitrogens with one attached hydrogen (secondary N) is 1. The topological polar surface area (TPSA) is 73.3 Å². The molecule has 0 spiro atoms. The molecule has 0 saturated carbocycles. The van der Waals surface area contributed by atoms with Crippen LogP contribution >= 0.6 is 0 Å². The number of rotatable bonds is 3. The van der Waals surface area contributed by atoms with E-state index in [1.807, 2.05) is 6.92 Å². The SMILES string of the molecule is CC(C(=N)N)N1CCCCC1CO. The Morgan fingerprint density at radius 1 is 1.69 bits per heavy atom. The van der Waals surface area contributed by atoms with Crippen molar-refractivity contribution in [3.8, 4) is 0 Å². The van der Waals surface area contributed by atoms with E-state index < -0.39 is 0 Å². The maximum absolute atomic E-state index is 9.14. The fourth-order valence-corrected chi connectivity index (χ4v) is 1.91. The molecular weight excluding hydrogens is 166 g/mol. The lowest BCUT2D eigenvalue weighted by atomic mass is 10.0. The Bertz CT molecular complexity index is 184. The molecule has 0 aromatic rings. The van der Waals surface area contributed by atoms with Crippen molar-refractivity contribution in [2.24, 2.45) is 5.73 Å². The van der Waals surface area contributed by atoms with Gasteiger partial charge in [0.25, 0.3) is 0 Å². The first-order valence-corrected chi connectivity index (χ1v) is 4.87. The van der Waals surface area contributed by atoms with Crippen molar-refractivity contribution in [1.29, 1.82) is 5.41 Å². The molecule has 1 aliphatic rings. The number of nitrogens with two attached hydrogens (primary N) is 1. The zero-order valence-electron chi connectivity index (χ0n) is 8.16. The lowest BCUT2D eigenvalue weighted by Gasteiger charge is -2.38. The molecule has 0 amide bonds. The van der Waals surface area contributed by atoms with Crippen molar-refractivity contribution in [2.45, 2.75) is 38.3 Å². The Labute approximate surface area is 79.2 Å². The predicted octanol–water partition coefficient (Wildman–Crippen LogP) is 0.158. The Morgan fingerprint density at radius 2 is 2.38 bits per heavy atom. The second kappa shape index (κ2) is 4.58. The van der Waals surface area contributed by atoms with E-state index >= 15 is 0 Å². The average molecular weight is 185 g/mol. The summed E-state index contributed by atoms with van der Waals surface area (Å²) in [5.41, 5.74) is 5.44. The minimum atomic E-state index is -0.0301. The van der Waals surface area contributed by atoms with Crippen LogP contribution in [-0.2, 0) is 0 Å². The van der Waals surface area contributed by atoms with Gasteiger partial charge >= 0.3 is 0 Å². The molecule has 1 saturated heterocycles. The van der Waals surface area contributed by atoms with Gasteiger partial charge in [-0.1, -0.05) is 6.42 Å². The average Bonchev–Trinajstić information content (AvgIpc) is 2.16. The molecule has 0 aromatic heterocycles. The normalized spacial score (nSPS) is 27.1.